The molecule has 7 heteroatoms. The van der Waals surface area contributed by atoms with Crippen molar-refractivity contribution in [2.24, 2.45) is 23.2 Å². The average molecular weight is 488 g/mol. The fourth-order valence-corrected chi connectivity index (χ4v) is 10.7. The van der Waals surface area contributed by atoms with Crippen molar-refractivity contribution in [2.45, 2.75) is 108 Å². The zero-order valence-corrected chi connectivity index (χ0v) is 21.6. The second-order valence-corrected chi connectivity index (χ2v) is 13.7. The number of ether oxygens (including phenoxy) is 1. The molecular weight excluding hydrogens is 441 g/mol. The Balaban J connectivity index is 1.70. The first-order chi connectivity index (χ1) is 15.8. The lowest BCUT2D eigenvalue weighted by Gasteiger charge is -2.48. The highest BCUT2D eigenvalue weighted by Gasteiger charge is 2.57. The molecule has 2 aliphatic carbocycles. The average Bonchev–Trinajstić information content (AvgIpc) is 2.90. The van der Waals surface area contributed by atoms with Crippen LogP contribution in [-0.2, 0) is 14.6 Å². The van der Waals surface area contributed by atoms with Gasteiger partial charge in [-0.25, -0.2) is 12.8 Å². The number of hydrogen-bond donors (Lipinski definition) is 1. The lowest BCUT2D eigenvalue weighted by atomic mass is 9.60. The Bertz CT molecular complexity index is 735. The first-order valence-electron chi connectivity index (χ1n) is 13.7. The molecule has 33 heavy (non-hydrogen) atoms. The van der Waals surface area contributed by atoms with E-state index in [1.807, 2.05) is 0 Å². The zero-order valence-electron chi connectivity index (χ0n) is 20.8. The molecule has 2 saturated carbocycles. The highest BCUT2D eigenvalue weighted by molar-refractivity contribution is 7.92. The summed E-state index contributed by atoms with van der Waals surface area (Å²) in [4.78, 5) is 2.49. The minimum absolute atomic E-state index is 0.0252. The normalized spacial score (nSPS) is 44.7. The van der Waals surface area contributed by atoms with Crippen molar-refractivity contribution in [1.29, 1.82) is 0 Å². The van der Waals surface area contributed by atoms with Crippen LogP contribution in [0.3, 0.4) is 0 Å². The quantitative estimate of drug-likeness (QED) is 0.602. The van der Waals surface area contributed by atoms with Gasteiger partial charge in [0.25, 0.3) is 0 Å². The molecule has 1 N–H and O–H groups in total. The van der Waals surface area contributed by atoms with Crippen molar-refractivity contribution in [3.8, 4) is 0 Å². The van der Waals surface area contributed by atoms with Gasteiger partial charge in [-0.15, -0.1) is 0 Å². The largest absolute Gasteiger partial charge is 0.392 e. The summed E-state index contributed by atoms with van der Waals surface area (Å²) in [6.07, 6.45) is 7.15. The molecule has 192 valence electrons. The maximum atomic E-state index is 14.1. The molecule has 0 spiro atoms. The van der Waals surface area contributed by atoms with Crippen LogP contribution < -0.4 is 0 Å². The number of rotatable bonds is 6. The predicted molar refractivity (Wildman–Crippen MR) is 130 cm³/mol. The third kappa shape index (κ3) is 5.31. The van der Waals surface area contributed by atoms with Gasteiger partial charge in [-0.05, 0) is 75.5 Å². The van der Waals surface area contributed by atoms with Crippen LogP contribution in [0.5, 0.6) is 0 Å². The first kappa shape index (κ1) is 25.8. The smallest absolute Gasteiger partial charge is 0.154 e. The number of aliphatic hydroxyl groups excluding tert-OH is 1. The molecule has 0 aromatic rings. The van der Waals surface area contributed by atoms with E-state index in [2.05, 4.69) is 18.7 Å². The fourth-order valence-electron chi connectivity index (χ4n) is 7.82. The molecule has 0 radical (unpaired) electrons. The van der Waals surface area contributed by atoms with E-state index in [-0.39, 0.29) is 28.8 Å². The highest BCUT2D eigenvalue weighted by atomic mass is 32.2. The number of sulfone groups is 1. The van der Waals surface area contributed by atoms with Crippen molar-refractivity contribution >= 4 is 9.84 Å². The van der Waals surface area contributed by atoms with E-state index in [9.17, 15) is 17.9 Å². The van der Waals surface area contributed by atoms with E-state index in [4.69, 9.17) is 4.74 Å². The van der Waals surface area contributed by atoms with E-state index in [0.717, 1.165) is 71.2 Å². The maximum Gasteiger partial charge on any atom is 0.154 e. The monoisotopic (exact) mass is 487 g/mol. The summed E-state index contributed by atoms with van der Waals surface area (Å²) in [5, 5.41) is 11.7. The predicted octanol–water partition coefficient (Wildman–Crippen LogP) is 4.38. The van der Waals surface area contributed by atoms with Crippen molar-refractivity contribution < 1.29 is 22.7 Å². The third-order valence-electron chi connectivity index (χ3n) is 9.78. The minimum Gasteiger partial charge on any atom is -0.392 e. The Morgan fingerprint density at radius 2 is 1.76 bits per heavy atom. The van der Waals surface area contributed by atoms with Crippen molar-refractivity contribution in [2.75, 3.05) is 32.1 Å². The van der Waals surface area contributed by atoms with Crippen LogP contribution in [0.25, 0.3) is 0 Å². The Morgan fingerprint density at radius 3 is 2.39 bits per heavy atom. The topological polar surface area (TPSA) is 66.8 Å². The minimum atomic E-state index is -3.32. The summed E-state index contributed by atoms with van der Waals surface area (Å²) in [5.74, 6) is 0.280. The molecule has 4 aliphatic rings. The van der Waals surface area contributed by atoms with Crippen LogP contribution in [-0.4, -0.2) is 74.0 Å². The molecule has 2 heterocycles. The number of fused-ring (bicyclic) bond motifs is 1. The van der Waals surface area contributed by atoms with Gasteiger partial charge in [0.05, 0.1) is 30.3 Å². The van der Waals surface area contributed by atoms with Gasteiger partial charge in [-0.1, -0.05) is 26.7 Å². The standard InChI is InChI=1S/C26H46FNO4S/c1-3-5-12-26(4-2)18-33(30,31)23-11-10-21(28-13-15-32-16-14-28)17-22(23)24(25(26)29)19-6-8-20(27)9-7-19/h19-25,29H,3-18H2,1-2H3/t19?,20?,21?,22?,23?,24?,25?,26-/m1/s1. The number of aliphatic hydroxyl groups is 1. The first-order valence-corrected chi connectivity index (χ1v) is 15.4. The lowest BCUT2D eigenvalue weighted by Crippen LogP contribution is -2.52. The molecule has 4 rings (SSSR count). The van der Waals surface area contributed by atoms with Crippen molar-refractivity contribution in [3.63, 3.8) is 0 Å². The molecular formula is C26H46FNO4S. The number of halogens is 1. The molecule has 4 fully saturated rings. The van der Waals surface area contributed by atoms with Gasteiger partial charge in [-0.2, -0.15) is 0 Å². The van der Waals surface area contributed by atoms with Crippen LogP contribution in [0.4, 0.5) is 4.39 Å². The zero-order chi connectivity index (χ0) is 23.6. The number of hydrogen-bond acceptors (Lipinski definition) is 5. The number of unbranched alkanes of at least 4 members (excludes halogenated alkanes) is 1. The number of nitrogens with zero attached hydrogens (tertiary/aromatic N) is 1. The molecule has 0 amide bonds. The summed E-state index contributed by atoms with van der Waals surface area (Å²) < 4.78 is 47.4. The maximum absolute atomic E-state index is 14.1. The van der Waals surface area contributed by atoms with Gasteiger partial charge in [0, 0.05) is 24.5 Å². The molecule has 0 bridgehead atoms. The van der Waals surface area contributed by atoms with E-state index in [1.54, 1.807) is 0 Å². The van der Waals surface area contributed by atoms with Crippen molar-refractivity contribution in [1.82, 2.24) is 4.90 Å². The Morgan fingerprint density at radius 1 is 1.06 bits per heavy atom. The second-order valence-electron chi connectivity index (χ2n) is 11.5. The molecule has 2 saturated heterocycles. The number of morpholine rings is 1. The molecule has 2 aliphatic heterocycles. The summed E-state index contributed by atoms with van der Waals surface area (Å²) in [6.45, 7) is 7.49. The van der Waals surface area contributed by atoms with E-state index in [0.29, 0.717) is 31.7 Å². The van der Waals surface area contributed by atoms with E-state index in [1.165, 1.54) is 0 Å². The van der Waals surface area contributed by atoms with E-state index < -0.39 is 27.5 Å². The third-order valence-corrected chi connectivity index (χ3v) is 12.3. The number of alkyl halides is 1. The Hall–Kier alpha value is -0.240. The van der Waals surface area contributed by atoms with Crippen LogP contribution in [0.1, 0.15) is 84.5 Å². The van der Waals surface area contributed by atoms with Crippen molar-refractivity contribution in [3.05, 3.63) is 0 Å². The molecule has 0 aromatic carbocycles. The fraction of sp³-hybridized carbons (Fsp3) is 1.00. The van der Waals surface area contributed by atoms with Gasteiger partial charge in [0.15, 0.2) is 9.84 Å². The summed E-state index contributed by atoms with van der Waals surface area (Å²) in [5.41, 5.74) is -0.572. The van der Waals surface area contributed by atoms with Gasteiger partial charge >= 0.3 is 0 Å². The van der Waals surface area contributed by atoms with Crippen LogP contribution in [0, 0.1) is 23.2 Å². The summed E-state index contributed by atoms with van der Waals surface area (Å²) >= 11 is 0. The van der Waals surface area contributed by atoms with Gasteiger partial charge in [0.1, 0.15) is 6.17 Å². The van der Waals surface area contributed by atoms with Crippen LogP contribution >= 0.6 is 0 Å². The van der Waals surface area contributed by atoms with E-state index >= 15 is 0 Å². The summed E-state index contributed by atoms with van der Waals surface area (Å²) in [7, 11) is -3.32. The second kappa shape index (κ2) is 10.8. The Labute approximate surface area is 200 Å². The SMILES string of the molecule is CCCC[C@]1(CC)CS(=O)(=O)C2CCC(N3CCOCC3)CC2C(C2CCC(F)CC2)C1O. The lowest BCUT2D eigenvalue weighted by molar-refractivity contribution is -0.0753. The summed E-state index contributed by atoms with van der Waals surface area (Å²) in [6, 6.07) is 0.363. The molecule has 5 unspecified atom stereocenters. The highest BCUT2D eigenvalue weighted by Crippen LogP contribution is 2.53. The molecule has 0 aromatic heterocycles. The molecule has 5 nitrogen and oxygen atoms in total. The van der Waals surface area contributed by atoms with Crippen LogP contribution in [0.2, 0.25) is 0 Å². The van der Waals surface area contributed by atoms with Crippen LogP contribution in [0.15, 0.2) is 0 Å². The van der Waals surface area contributed by atoms with Gasteiger partial charge in [0.2, 0.25) is 0 Å². The molecule has 6 atom stereocenters. The Kier molecular flexibility index (Phi) is 8.45. The van der Waals surface area contributed by atoms with Gasteiger partial charge < -0.3 is 9.84 Å². The van der Waals surface area contributed by atoms with Gasteiger partial charge in [-0.3, -0.25) is 4.90 Å².